The van der Waals surface area contributed by atoms with Gasteiger partial charge in [-0.05, 0) is 11.6 Å². The van der Waals surface area contributed by atoms with Crippen molar-refractivity contribution in [3.8, 4) is 5.75 Å². The maximum Gasteiger partial charge on any atom is 1.00 e. The Balaban J connectivity index is 0.00000128. The van der Waals surface area contributed by atoms with E-state index in [0.717, 1.165) is 6.07 Å². The van der Waals surface area contributed by atoms with E-state index in [1.807, 2.05) is 0 Å². The number of halogens is 3. The van der Waals surface area contributed by atoms with Crippen molar-refractivity contribution in [3.05, 3.63) is 23.3 Å². The van der Waals surface area contributed by atoms with Crippen molar-refractivity contribution in [3.63, 3.8) is 0 Å². The van der Waals surface area contributed by atoms with Crippen LogP contribution in [0.25, 0.3) is 0 Å². The number of fused-ring (bicyclic) bond motifs is 1. The molecular formula is C9H7BF3KO2. The molecule has 0 spiro atoms. The third-order valence-electron chi connectivity index (χ3n) is 2.32. The number of hydrogen-bond acceptors (Lipinski definition) is 2. The van der Waals surface area contributed by atoms with Crippen molar-refractivity contribution in [2.24, 2.45) is 0 Å². The van der Waals surface area contributed by atoms with E-state index in [2.05, 4.69) is 0 Å². The van der Waals surface area contributed by atoms with Crippen LogP contribution in [0.5, 0.6) is 5.75 Å². The molecule has 2 rings (SSSR count). The fourth-order valence-electron chi connectivity index (χ4n) is 1.67. The Morgan fingerprint density at radius 2 is 2.00 bits per heavy atom. The van der Waals surface area contributed by atoms with Crippen LogP contribution < -0.4 is 61.6 Å². The summed E-state index contributed by atoms with van der Waals surface area (Å²) in [5, 5.41) is 0. The molecule has 7 heteroatoms. The molecule has 0 aliphatic carbocycles. The Kier molecular flexibility index (Phi) is 4.65. The van der Waals surface area contributed by atoms with Gasteiger partial charge < -0.3 is 17.7 Å². The first-order valence-electron chi connectivity index (χ1n) is 4.47. The number of carbonyl (C=O) groups excluding carboxylic acids is 1. The van der Waals surface area contributed by atoms with Gasteiger partial charge in [0.15, 0.2) is 0 Å². The predicted molar refractivity (Wildman–Crippen MR) is 49.7 cm³/mol. The van der Waals surface area contributed by atoms with Crippen LogP contribution in [0, 0.1) is 0 Å². The van der Waals surface area contributed by atoms with Gasteiger partial charge in [0.05, 0.1) is 12.4 Å². The number of ether oxygens (including phenoxy) is 1. The van der Waals surface area contributed by atoms with Gasteiger partial charge in [0, 0.05) is 12.0 Å². The van der Waals surface area contributed by atoms with Gasteiger partial charge in [0.1, 0.15) is 6.29 Å². The molecule has 1 aliphatic heterocycles. The second-order valence-corrected chi connectivity index (χ2v) is 3.39. The minimum atomic E-state index is -5.13. The third-order valence-corrected chi connectivity index (χ3v) is 2.32. The zero-order valence-corrected chi connectivity index (χ0v) is 11.8. The van der Waals surface area contributed by atoms with Crippen LogP contribution in [-0.2, 0) is 6.42 Å². The van der Waals surface area contributed by atoms with Gasteiger partial charge in [-0.3, -0.25) is 4.79 Å². The third kappa shape index (κ3) is 2.70. The zero-order valence-electron chi connectivity index (χ0n) is 8.67. The van der Waals surface area contributed by atoms with Crippen molar-refractivity contribution in [1.82, 2.24) is 0 Å². The van der Waals surface area contributed by atoms with E-state index >= 15 is 0 Å². The largest absolute Gasteiger partial charge is 1.00 e. The molecule has 16 heavy (non-hydrogen) atoms. The van der Waals surface area contributed by atoms with Crippen molar-refractivity contribution >= 4 is 18.7 Å². The van der Waals surface area contributed by atoms with Gasteiger partial charge in [0.25, 0.3) is 0 Å². The average Bonchev–Trinajstić information content (AvgIpc) is 2.61. The summed E-state index contributed by atoms with van der Waals surface area (Å²) >= 11 is 0. The molecule has 1 heterocycles. The molecule has 0 N–H and O–H groups in total. The molecule has 0 unspecified atom stereocenters. The summed E-state index contributed by atoms with van der Waals surface area (Å²) in [6, 6.07) is 2.29. The minimum absolute atomic E-state index is 0. The van der Waals surface area contributed by atoms with Crippen LogP contribution in [0.1, 0.15) is 15.9 Å². The summed E-state index contributed by atoms with van der Waals surface area (Å²) in [4.78, 5) is 10.5. The van der Waals surface area contributed by atoms with Crippen molar-refractivity contribution in [1.29, 1.82) is 0 Å². The van der Waals surface area contributed by atoms with E-state index in [-0.39, 0.29) is 69.3 Å². The molecule has 2 nitrogen and oxygen atoms in total. The van der Waals surface area contributed by atoms with E-state index in [4.69, 9.17) is 4.74 Å². The van der Waals surface area contributed by atoms with Gasteiger partial charge in [-0.2, -0.15) is 0 Å². The fourth-order valence-corrected chi connectivity index (χ4v) is 1.67. The molecule has 1 aliphatic rings. The SMILES string of the molecule is O=Cc1cc2c(c([B-](F)(F)F)c1)OCC2.[K+]. The number of hydrogen-bond donors (Lipinski definition) is 0. The molecule has 0 bridgehead atoms. The normalized spacial score (nSPS) is 13.7. The quantitative estimate of drug-likeness (QED) is 0.474. The first-order valence-corrected chi connectivity index (χ1v) is 4.47. The molecule has 0 saturated carbocycles. The predicted octanol–water partition coefficient (Wildman–Crippen LogP) is -1.51. The first-order chi connectivity index (χ1) is 7.02. The number of carbonyl (C=O) groups is 1. The van der Waals surface area contributed by atoms with Crippen LogP contribution in [0.4, 0.5) is 12.9 Å². The Hall–Kier alpha value is 0.181. The van der Waals surface area contributed by atoms with Crippen LogP contribution in [-0.4, -0.2) is 19.9 Å². The second kappa shape index (κ2) is 5.22. The number of aldehydes is 1. The van der Waals surface area contributed by atoms with Gasteiger partial charge in [0.2, 0.25) is 0 Å². The smallest absolute Gasteiger partial charge is 0.496 e. The summed E-state index contributed by atoms with van der Waals surface area (Å²) in [7, 11) is 0. The summed E-state index contributed by atoms with van der Waals surface area (Å²) in [5.41, 5.74) is -0.283. The molecule has 0 aromatic heterocycles. The van der Waals surface area contributed by atoms with E-state index in [0.29, 0.717) is 18.3 Å². The summed E-state index contributed by atoms with van der Waals surface area (Å²) in [5.74, 6) is -0.104. The minimum Gasteiger partial charge on any atom is -0.496 e. The average molecular weight is 254 g/mol. The molecule has 0 saturated heterocycles. The molecule has 80 valence electrons. The summed E-state index contributed by atoms with van der Waals surface area (Å²) in [6.07, 6.45) is 0.847. The topological polar surface area (TPSA) is 26.3 Å². The van der Waals surface area contributed by atoms with Gasteiger partial charge in [-0.15, -0.1) is 0 Å². The van der Waals surface area contributed by atoms with Gasteiger partial charge in [-0.1, -0.05) is 11.5 Å². The standard InChI is InChI=1S/C9H7BF3O2.K/c11-10(12,13)8-4-6(5-14)3-7-1-2-15-9(7)8;/h3-5H,1-2H2;/q-1;+1. The molecule has 1 aromatic rings. The van der Waals surface area contributed by atoms with Crippen LogP contribution >= 0.6 is 0 Å². The van der Waals surface area contributed by atoms with E-state index in [1.165, 1.54) is 6.07 Å². The number of benzene rings is 1. The van der Waals surface area contributed by atoms with Gasteiger partial charge >= 0.3 is 58.4 Å². The second-order valence-electron chi connectivity index (χ2n) is 3.39. The monoisotopic (exact) mass is 254 g/mol. The van der Waals surface area contributed by atoms with Crippen LogP contribution in [0.3, 0.4) is 0 Å². The van der Waals surface area contributed by atoms with Gasteiger partial charge in [-0.25, -0.2) is 0 Å². The Bertz CT molecular complexity index is 420. The maximum absolute atomic E-state index is 12.6. The van der Waals surface area contributed by atoms with Crippen molar-refractivity contribution < 1.29 is 73.9 Å². The molecule has 1 aromatic carbocycles. The van der Waals surface area contributed by atoms with E-state index in [1.54, 1.807) is 0 Å². The van der Waals surface area contributed by atoms with Crippen LogP contribution in [0.15, 0.2) is 12.1 Å². The fraction of sp³-hybridized carbons (Fsp3) is 0.222. The van der Waals surface area contributed by atoms with E-state index in [9.17, 15) is 17.7 Å². The molecular weight excluding hydrogens is 247 g/mol. The van der Waals surface area contributed by atoms with Crippen molar-refractivity contribution in [2.75, 3.05) is 6.61 Å². The zero-order chi connectivity index (χ0) is 11.1. The molecule has 0 fully saturated rings. The van der Waals surface area contributed by atoms with Crippen LogP contribution in [0.2, 0.25) is 0 Å². The summed E-state index contributed by atoms with van der Waals surface area (Å²) < 4.78 is 42.8. The first kappa shape index (κ1) is 14.2. The Labute approximate surface area is 133 Å². The molecule has 0 atom stereocenters. The molecule has 0 amide bonds. The Morgan fingerprint density at radius 3 is 2.56 bits per heavy atom. The Morgan fingerprint density at radius 1 is 1.31 bits per heavy atom. The van der Waals surface area contributed by atoms with Crippen molar-refractivity contribution in [2.45, 2.75) is 6.42 Å². The maximum atomic E-state index is 12.6. The number of rotatable bonds is 2. The van der Waals surface area contributed by atoms with E-state index < -0.39 is 12.4 Å². The molecule has 0 radical (unpaired) electrons. The summed E-state index contributed by atoms with van der Waals surface area (Å²) in [6.45, 7) is -4.88.